The summed E-state index contributed by atoms with van der Waals surface area (Å²) in [4.78, 5) is 48.2. The number of hydrogen-bond donors (Lipinski definition) is 2. The molecule has 10 heteroatoms. The third-order valence-electron chi connectivity index (χ3n) is 4.79. The molecule has 0 aliphatic rings. The number of nitriles is 2. The maximum atomic E-state index is 12.7. The van der Waals surface area contributed by atoms with Gasteiger partial charge in [-0.15, -0.1) is 0 Å². The summed E-state index contributed by atoms with van der Waals surface area (Å²) >= 11 is 0. The summed E-state index contributed by atoms with van der Waals surface area (Å²) in [7, 11) is 0. The van der Waals surface area contributed by atoms with Gasteiger partial charge >= 0.3 is 0 Å². The molecule has 3 rings (SSSR count). The number of para-hydroxylation sites is 2. The summed E-state index contributed by atoms with van der Waals surface area (Å²) in [5, 5.41) is 25.8. The molecule has 0 spiro atoms. The number of carbonyl (C=O) groups excluding carboxylic acids is 4. The number of Topliss-reactive ketones (excluding diaryl/α,β-unsaturated/α-hetero) is 2. The molecule has 0 saturated carbocycles. The minimum atomic E-state index is -0.718. The molecule has 10 nitrogen and oxygen atoms in total. The van der Waals surface area contributed by atoms with Crippen LogP contribution in [0, 0.1) is 22.7 Å². The van der Waals surface area contributed by atoms with Gasteiger partial charge in [0.15, 0.2) is 24.0 Å². The van der Waals surface area contributed by atoms with Crippen LogP contribution >= 0.6 is 0 Å². The van der Waals surface area contributed by atoms with Crippen LogP contribution in [0.1, 0.15) is 31.8 Å². The van der Waals surface area contributed by atoms with Crippen LogP contribution < -0.4 is 10.9 Å². The number of benzene rings is 3. The van der Waals surface area contributed by atoms with E-state index in [1.165, 1.54) is 24.3 Å². The number of ketones is 2. The lowest BCUT2D eigenvalue weighted by atomic mass is 10.0. The average Bonchev–Trinajstić information content (AvgIpc) is 2.93. The predicted octanol–water partition coefficient (Wildman–Crippen LogP) is 3.13. The van der Waals surface area contributed by atoms with Crippen molar-refractivity contribution in [1.82, 2.24) is 0 Å². The normalized spacial score (nSPS) is 10.9. The molecular weight excluding hydrogens is 460 g/mol. The molecule has 3 aromatic rings. The molecule has 0 amide bonds. The zero-order valence-electron chi connectivity index (χ0n) is 18.5. The smallest absolute Gasteiger partial charge is 0.216 e. The fourth-order valence-electron chi connectivity index (χ4n) is 2.93. The van der Waals surface area contributed by atoms with Crippen molar-refractivity contribution in [2.45, 2.75) is 0 Å². The molecule has 0 aliphatic heterocycles. The molecule has 0 radical (unpaired) electrons. The Bertz CT molecular complexity index is 1360. The molecule has 174 valence electrons. The molecule has 0 bridgehead atoms. The first-order chi connectivity index (χ1) is 17.5. The van der Waals surface area contributed by atoms with Crippen molar-refractivity contribution in [1.29, 1.82) is 10.5 Å². The van der Waals surface area contributed by atoms with Gasteiger partial charge in [-0.2, -0.15) is 20.7 Å². The Morgan fingerprint density at radius 2 is 1.00 bits per heavy atom. The van der Waals surface area contributed by atoms with Gasteiger partial charge in [-0.1, -0.05) is 48.5 Å². The zero-order chi connectivity index (χ0) is 25.9. The lowest BCUT2D eigenvalue weighted by Crippen LogP contribution is -2.19. The number of carbonyl (C=O) groups is 4. The molecule has 0 heterocycles. The minimum Gasteiger partial charge on any atom is -0.296 e. The molecule has 0 saturated heterocycles. The number of aldehydes is 2. The first-order valence-corrected chi connectivity index (χ1v) is 10.3. The SMILES string of the molecule is N#Cc1ccccc1N/N=C(/C=O)C(=O)c1ccc(C(=O)/C(C=O)=N/Nc2ccccc2C#N)cc1. The van der Waals surface area contributed by atoms with E-state index in [1.807, 2.05) is 12.1 Å². The first kappa shape index (κ1) is 24.9. The zero-order valence-corrected chi connectivity index (χ0v) is 18.5. The molecule has 0 aromatic heterocycles. The van der Waals surface area contributed by atoms with E-state index in [9.17, 15) is 19.2 Å². The number of hydrogen-bond acceptors (Lipinski definition) is 10. The van der Waals surface area contributed by atoms with E-state index in [0.29, 0.717) is 11.4 Å². The Kier molecular flexibility index (Phi) is 8.25. The van der Waals surface area contributed by atoms with Crippen molar-refractivity contribution < 1.29 is 19.2 Å². The van der Waals surface area contributed by atoms with Gasteiger partial charge in [-0.3, -0.25) is 30.0 Å². The number of nitrogens with zero attached hydrogens (tertiary/aromatic N) is 4. The van der Waals surface area contributed by atoms with E-state index in [-0.39, 0.29) is 34.8 Å². The van der Waals surface area contributed by atoms with Gasteiger partial charge in [0, 0.05) is 11.1 Å². The standard InChI is InChI=1S/C26H16N6O4/c27-13-19-5-1-3-7-21(19)29-31-23(15-33)25(35)17-9-11-18(12-10-17)26(36)24(16-34)32-30-22-8-4-2-6-20(22)14-28/h1-12,15-16,29-30H/b31-23-,32-24+. The van der Waals surface area contributed by atoms with E-state index in [4.69, 9.17) is 10.5 Å². The number of nitrogens with one attached hydrogen (secondary N) is 2. The Balaban J connectivity index is 1.76. The van der Waals surface area contributed by atoms with Crippen LogP contribution in [-0.4, -0.2) is 35.6 Å². The predicted molar refractivity (Wildman–Crippen MR) is 132 cm³/mol. The van der Waals surface area contributed by atoms with Crippen LogP contribution in [0.2, 0.25) is 0 Å². The Morgan fingerprint density at radius 1 is 0.639 bits per heavy atom. The average molecular weight is 476 g/mol. The van der Waals surface area contributed by atoms with Crippen molar-refractivity contribution in [2.75, 3.05) is 10.9 Å². The molecule has 0 unspecified atom stereocenters. The summed E-state index contributed by atoms with van der Waals surface area (Å²) in [6, 6.07) is 22.0. The second-order valence-electron chi connectivity index (χ2n) is 7.00. The lowest BCUT2D eigenvalue weighted by molar-refractivity contribution is -0.103. The van der Waals surface area contributed by atoms with E-state index in [0.717, 1.165) is 0 Å². The summed E-state index contributed by atoms with van der Waals surface area (Å²) in [6.07, 6.45) is 0.538. The third kappa shape index (κ3) is 5.78. The molecule has 36 heavy (non-hydrogen) atoms. The van der Waals surface area contributed by atoms with Gasteiger partial charge in [0.25, 0.3) is 0 Å². The fraction of sp³-hybridized carbons (Fsp3) is 0. The maximum absolute atomic E-state index is 12.7. The molecule has 0 atom stereocenters. The summed E-state index contributed by atoms with van der Waals surface area (Å²) in [6.45, 7) is 0. The highest BCUT2D eigenvalue weighted by atomic mass is 16.1. The van der Waals surface area contributed by atoms with Crippen molar-refractivity contribution in [2.24, 2.45) is 10.2 Å². The highest BCUT2D eigenvalue weighted by Crippen LogP contribution is 2.15. The van der Waals surface area contributed by atoms with Crippen LogP contribution in [0.3, 0.4) is 0 Å². The molecule has 0 fully saturated rings. The largest absolute Gasteiger partial charge is 0.296 e. The van der Waals surface area contributed by atoms with Gasteiger partial charge < -0.3 is 0 Å². The van der Waals surface area contributed by atoms with Crippen molar-refractivity contribution >= 4 is 46.9 Å². The van der Waals surface area contributed by atoms with E-state index in [2.05, 4.69) is 21.1 Å². The van der Waals surface area contributed by atoms with Crippen molar-refractivity contribution in [3.8, 4) is 12.1 Å². The highest BCUT2D eigenvalue weighted by Gasteiger charge is 2.18. The highest BCUT2D eigenvalue weighted by molar-refractivity contribution is 6.64. The molecule has 2 N–H and O–H groups in total. The van der Waals surface area contributed by atoms with Gasteiger partial charge in [0.05, 0.1) is 22.5 Å². The third-order valence-corrected chi connectivity index (χ3v) is 4.79. The number of anilines is 2. The van der Waals surface area contributed by atoms with Crippen molar-refractivity contribution in [3.05, 3.63) is 95.1 Å². The topological polar surface area (TPSA) is 165 Å². The van der Waals surface area contributed by atoms with Gasteiger partial charge in [0.2, 0.25) is 11.6 Å². The van der Waals surface area contributed by atoms with Crippen LogP contribution in [0.15, 0.2) is 83.0 Å². The number of hydrazone groups is 2. The second kappa shape index (κ2) is 11.9. The second-order valence-corrected chi connectivity index (χ2v) is 7.00. The minimum absolute atomic E-state index is 0.0680. The summed E-state index contributed by atoms with van der Waals surface area (Å²) in [5.74, 6) is -1.44. The molecule has 3 aromatic carbocycles. The van der Waals surface area contributed by atoms with Gasteiger partial charge in [-0.05, 0) is 24.3 Å². The van der Waals surface area contributed by atoms with Gasteiger partial charge in [0.1, 0.15) is 12.1 Å². The maximum Gasteiger partial charge on any atom is 0.216 e. The first-order valence-electron chi connectivity index (χ1n) is 10.3. The van der Waals surface area contributed by atoms with Crippen LogP contribution in [-0.2, 0) is 9.59 Å². The van der Waals surface area contributed by atoms with Crippen molar-refractivity contribution in [3.63, 3.8) is 0 Å². The molecule has 0 aliphatic carbocycles. The van der Waals surface area contributed by atoms with Crippen LogP contribution in [0.4, 0.5) is 11.4 Å². The van der Waals surface area contributed by atoms with E-state index < -0.39 is 23.0 Å². The quantitative estimate of drug-likeness (QED) is 0.148. The Morgan fingerprint density at radius 3 is 1.33 bits per heavy atom. The fourth-order valence-corrected chi connectivity index (χ4v) is 2.93. The monoisotopic (exact) mass is 476 g/mol. The Hall–Kier alpha value is -5.74. The van der Waals surface area contributed by atoms with E-state index >= 15 is 0 Å². The number of rotatable bonds is 10. The van der Waals surface area contributed by atoms with Crippen LogP contribution in [0.5, 0.6) is 0 Å². The lowest BCUT2D eigenvalue weighted by Gasteiger charge is -2.06. The van der Waals surface area contributed by atoms with Gasteiger partial charge in [-0.25, -0.2) is 0 Å². The summed E-state index contributed by atoms with van der Waals surface area (Å²) < 4.78 is 0. The van der Waals surface area contributed by atoms with Crippen LogP contribution in [0.25, 0.3) is 0 Å². The summed E-state index contributed by atoms with van der Waals surface area (Å²) in [5.41, 5.74) is 5.50. The van der Waals surface area contributed by atoms with E-state index in [1.54, 1.807) is 48.5 Å². The Labute approximate surface area is 205 Å². The molecular formula is C26H16N6O4.